The van der Waals surface area contributed by atoms with E-state index in [0.717, 1.165) is 16.3 Å². The Bertz CT molecular complexity index is 767. The lowest BCUT2D eigenvalue weighted by atomic mass is 10.1. The zero-order valence-corrected chi connectivity index (χ0v) is 14.8. The predicted molar refractivity (Wildman–Crippen MR) is 91.4 cm³/mol. The zero-order chi connectivity index (χ0) is 16.3. The van der Waals surface area contributed by atoms with Gasteiger partial charge in [0.2, 0.25) is 10.0 Å². The van der Waals surface area contributed by atoms with Crippen LogP contribution in [0.15, 0.2) is 34.0 Å². The Hall–Kier alpha value is -1.38. The molecule has 8 heteroatoms. The standard InChI is InChI=1S/C14H16N2O3S3/c1-9-8-20-14(15-9)21-10(2)13(17)11-4-6-12(7-5-11)16-22(3,18)19/h4-8,10,16H,1-3H3/t10-/m0/s1. The average molecular weight is 356 g/mol. The highest BCUT2D eigenvalue weighted by Crippen LogP contribution is 2.28. The van der Waals surface area contributed by atoms with Crippen molar-refractivity contribution >= 4 is 44.6 Å². The van der Waals surface area contributed by atoms with E-state index >= 15 is 0 Å². The minimum Gasteiger partial charge on any atom is -0.293 e. The fourth-order valence-electron chi connectivity index (χ4n) is 1.74. The number of aryl methyl sites for hydroxylation is 1. The number of benzene rings is 1. The number of carbonyl (C=O) groups excluding carboxylic acids is 1. The van der Waals surface area contributed by atoms with Crippen molar-refractivity contribution < 1.29 is 13.2 Å². The summed E-state index contributed by atoms with van der Waals surface area (Å²) >= 11 is 2.95. The number of hydrogen-bond acceptors (Lipinski definition) is 6. The van der Waals surface area contributed by atoms with Crippen LogP contribution in [0.3, 0.4) is 0 Å². The highest BCUT2D eigenvalue weighted by Gasteiger charge is 2.18. The first-order chi connectivity index (χ1) is 10.2. The van der Waals surface area contributed by atoms with E-state index in [0.29, 0.717) is 11.3 Å². The smallest absolute Gasteiger partial charge is 0.229 e. The van der Waals surface area contributed by atoms with Crippen LogP contribution in [0.25, 0.3) is 0 Å². The Kier molecular flexibility index (Phi) is 5.25. The number of nitrogens with one attached hydrogen (secondary N) is 1. The Balaban J connectivity index is 2.05. The molecule has 0 saturated carbocycles. The molecule has 1 aromatic heterocycles. The summed E-state index contributed by atoms with van der Waals surface area (Å²) in [5.41, 5.74) is 1.94. The number of nitrogens with zero attached hydrogens (tertiary/aromatic N) is 1. The van der Waals surface area contributed by atoms with Crippen molar-refractivity contribution in [2.75, 3.05) is 11.0 Å². The van der Waals surface area contributed by atoms with Crippen molar-refractivity contribution in [1.29, 1.82) is 0 Å². The molecular formula is C14H16N2O3S3. The first-order valence-electron chi connectivity index (χ1n) is 6.45. The van der Waals surface area contributed by atoms with Crippen molar-refractivity contribution in [1.82, 2.24) is 4.98 Å². The highest BCUT2D eigenvalue weighted by atomic mass is 32.2. The number of aromatic nitrogens is 1. The topological polar surface area (TPSA) is 76.1 Å². The number of sulfonamides is 1. The number of carbonyl (C=O) groups is 1. The van der Waals surface area contributed by atoms with Crippen molar-refractivity contribution in [3.05, 3.63) is 40.9 Å². The molecule has 118 valence electrons. The molecular weight excluding hydrogens is 340 g/mol. The third-order valence-corrected chi connectivity index (χ3v) is 5.51. The molecule has 0 unspecified atom stereocenters. The maximum atomic E-state index is 12.4. The summed E-state index contributed by atoms with van der Waals surface area (Å²) in [6, 6.07) is 6.42. The molecule has 5 nitrogen and oxygen atoms in total. The van der Waals surface area contributed by atoms with E-state index in [-0.39, 0.29) is 11.0 Å². The number of Topliss-reactive ketones (excluding diaryl/α,β-unsaturated/α-hetero) is 1. The van der Waals surface area contributed by atoms with Gasteiger partial charge in [-0.1, -0.05) is 11.8 Å². The van der Waals surface area contributed by atoms with Crippen LogP contribution in [0.1, 0.15) is 23.0 Å². The molecule has 0 amide bonds. The number of ketones is 1. The van der Waals surface area contributed by atoms with Gasteiger partial charge in [0.15, 0.2) is 10.1 Å². The van der Waals surface area contributed by atoms with Gasteiger partial charge in [0, 0.05) is 22.3 Å². The van der Waals surface area contributed by atoms with Crippen molar-refractivity contribution in [3.63, 3.8) is 0 Å². The van der Waals surface area contributed by atoms with Crippen LogP contribution in [-0.2, 0) is 10.0 Å². The number of thioether (sulfide) groups is 1. The molecule has 0 fully saturated rings. The number of thiazole rings is 1. The second-order valence-electron chi connectivity index (χ2n) is 4.83. The molecule has 0 radical (unpaired) electrons. The van der Waals surface area contributed by atoms with Gasteiger partial charge in [0.1, 0.15) is 0 Å². The van der Waals surface area contributed by atoms with E-state index in [9.17, 15) is 13.2 Å². The van der Waals surface area contributed by atoms with Gasteiger partial charge in [-0.05, 0) is 38.1 Å². The van der Waals surface area contributed by atoms with E-state index in [2.05, 4.69) is 9.71 Å². The van der Waals surface area contributed by atoms with Gasteiger partial charge >= 0.3 is 0 Å². The van der Waals surface area contributed by atoms with Crippen LogP contribution in [0.2, 0.25) is 0 Å². The number of anilines is 1. The first kappa shape index (κ1) is 17.0. The third-order valence-electron chi connectivity index (χ3n) is 2.72. The minimum atomic E-state index is -3.31. The Morgan fingerprint density at radius 3 is 2.45 bits per heavy atom. The van der Waals surface area contributed by atoms with Gasteiger partial charge in [-0.2, -0.15) is 0 Å². The predicted octanol–water partition coefficient (Wildman–Crippen LogP) is 3.19. The van der Waals surface area contributed by atoms with Crippen LogP contribution in [0, 0.1) is 6.92 Å². The second-order valence-corrected chi connectivity index (χ2v) is 9.03. The number of rotatable bonds is 6. The largest absolute Gasteiger partial charge is 0.293 e. The van der Waals surface area contributed by atoms with Gasteiger partial charge in [0.05, 0.1) is 11.5 Å². The molecule has 1 atom stereocenters. The maximum Gasteiger partial charge on any atom is 0.229 e. The monoisotopic (exact) mass is 356 g/mol. The molecule has 2 rings (SSSR count). The summed E-state index contributed by atoms with van der Waals surface area (Å²) in [6.07, 6.45) is 1.08. The van der Waals surface area contributed by atoms with Crippen LogP contribution < -0.4 is 4.72 Å². The fourth-order valence-corrected chi connectivity index (χ4v) is 4.37. The van der Waals surface area contributed by atoms with Crippen molar-refractivity contribution in [2.45, 2.75) is 23.4 Å². The van der Waals surface area contributed by atoms with E-state index in [1.807, 2.05) is 19.2 Å². The van der Waals surface area contributed by atoms with Crippen LogP contribution >= 0.6 is 23.1 Å². The molecule has 0 spiro atoms. The molecule has 0 aliphatic heterocycles. The van der Waals surface area contributed by atoms with Gasteiger partial charge in [0.25, 0.3) is 0 Å². The molecule has 0 saturated heterocycles. The van der Waals surface area contributed by atoms with E-state index < -0.39 is 10.0 Å². The van der Waals surface area contributed by atoms with E-state index in [1.54, 1.807) is 24.3 Å². The molecule has 0 bridgehead atoms. The van der Waals surface area contributed by atoms with Crippen LogP contribution in [-0.4, -0.2) is 30.7 Å². The summed E-state index contributed by atoms with van der Waals surface area (Å²) in [4.78, 5) is 16.7. The summed E-state index contributed by atoms with van der Waals surface area (Å²) in [5, 5.41) is 1.70. The van der Waals surface area contributed by atoms with Gasteiger partial charge in [-0.25, -0.2) is 13.4 Å². The van der Waals surface area contributed by atoms with E-state index in [4.69, 9.17) is 0 Å². The lowest BCUT2D eigenvalue weighted by Crippen LogP contribution is -2.14. The average Bonchev–Trinajstić information content (AvgIpc) is 2.82. The highest BCUT2D eigenvalue weighted by molar-refractivity contribution is 8.02. The molecule has 0 aliphatic carbocycles. The summed E-state index contributed by atoms with van der Waals surface area (Å²) in [7, 11) is -3.31. The molecule has 2 aromatic rings. The van der Waals surface area contributed by atoms with Crippen LogP contribution in [0.4, 0.5) is 5.69 Å². The van der Waals surface area contributed by atoms with Crippen LogP contribution in [0.5, 0.6) is 0 Å². The Morgan fingerprint density at radius 1 is 1.32 bits per heavy atom. The zero-order valence-electron chi connectivity index (χ0n) is 12.4. The minimum absolute atomic E-state index is 0.0104. The third kappa shape index (κ3) is 4.82. The van der Waals surface area contributed by atoms with Crippen molar-refractivity contribution in [2.24, 2.45) is 0 Å². The molecule has 0 aliphatic rings. The second kappa shape index (κ2) is 6.80. The summed E-state index contributed by atoms with van der Waals surface area (Å²) in [6.45, 7) is 3.76. The van der Waals surface area contributed by atoms with Gasteiger partial charge in [-0.3, -0.25) is 9.52 Å². The lowest BCUT2D eigenvalue weighted by molar-refractivity contribution is 0.0994. The summed E-state index contributed by atoms with van der Waals surface area (Å²) in [5.74, 6) is -0.0104. The Morgan fingerprint density at radius 2 is 1.95 bits per heavy atom. The van der Waals surface area contributed by atoms with Crippen molar-refractivity contribution in [3.8, 4) is 0 Å². The summed E-state index contributed by atoms with van der Waals surface area (Å²) < 4.78 is 25.5. The molecule has 1 heterocycles. The Labute approximate surface area is 138 Å². The lowest BCUT2D eigenvalue weighted by Gasteiger charge is -2.09. The molecule has 1 aromatic carbocycles. The number of hydrogen-bond donors (Lipinski definition) is 1. The SMILES string of the molecule is Cc1csc(S[C@@H](C)C(=O)c2ccc(NS(C)(=O)=O)cc2)n1. The first-order valence-corrected chi connectivity index (χ1v) is 10.1. The quantitative estimate of drug-likeness (QED) is 0.635. The molecule has 22 heavy (non-hydrogen) atoms. The maximum absolute atomic E-state index is 12.4. The molecule has 1 N–H and O–H groups in total. The van der Waals surface area contributed by atoms with E-state index in [1.165, 1.54) is 23.1 Å². The van der Waals surface area contributed by atoms with Gasteiger partial charge in [-0.15, -0.1) is 11.3 Å². The van der Waals surface area contributed by atoms with Gasteiger partial charge < -0.3 is 0 Å². The normalized spacial score (nSPS) is 12.9. The fraction of sp³-hybridized carbons (Fsp3) is 0.286.